The van der Waals surface area contributed by atoms with Crippen molar-refractivity contribution in [1.29, 1.82) is 0 Å². The van der Waals surface area contributed by atoms with Crippen LogP contribution in [0.2, 0.25) is 0 Å². The van der Waals surface area contributed by atoms with E-state index in [9.17, 15) is 4.79 Å². The molecule has 6 nitrogen and oxygen atoms in total. The van der Waals surface area contributed by atoms with Crippen molar-refractivity contribution < 1.29 is 18.8 Å². The minimum absolute atomic E-state index is 0.0115. The number of piperidine rings is 1. The van der Waals surface area contributed by atoms with Crippen molar-refractivity contribution >= 4 is 16.8 Å². The van der Waals surface area contributed by atoms with Crippen LogP contribution in [0.3, 0.4) is 0 Å². The summed E-state index contributed by atoms with van der Waals surface area (Å²) in [5.41, 5.74) is 2.58. The van der Waals surface area contributed by atoms with Crippen molar-refractivity contribution in [1.82, 2.24) is 10.1 Å². The maximum absolute atomic E-state index is 11.6. The van der Waals surface area contributed by atoms with Gasteiger partial charge in [0.25, 0.3) is 0 Å². The summed E-state index contributed by atoms with van der Waals surface area (Å²) in [5, 5.41) is 5.52. The van der Waals surface area contributed by atoms with Gasteiger partial charge >= 0.3 is 0 Å². The predicted molar refractivity (Wildman–Crippen MR) is 125 cm³/mol. The summed E-state index contributed by atoms with van der Waals surface area (Å²) in [4.78, 5) is 14.2. The summed E-state index contributed by atoms with van der Waals surface area (Å²) in [5.74, 6) is 2.30. The van der Waals surface area contributed by atoms with Gasteiger partial charge in [-0.1, -0.05) is 24.2 Å². The van der Waals surface area contributed by atoms with E-state index in [4.69, 9.17) is 14.0 Å². The van der Waals surface area contributed by atoms with E-state index >= 15 is 0 Å². The summed E-state index contributed by atoms with van der Waals surface area (Å²) in [7, 11) is 1.57. The van der Waals surface area contributed by atoms with Gasteiger partial charge in [-0.25, -0.2) is 0 Å². The molecular weight excluding hydrogens is 404 g/mol. The number of carbonyl (C=O) groups is 1. The number of aromatic nitrogens is 1. The fourth-order valence-electron chi connectivity index (χ4n) is 4.55. The average molecular weight is 437 g/mol. The first-order valence-corrected chi connectivity index (χ1v) is 11.4. The van der Waals surface area contributed by atoms with E-state index < -0.39 is 0 Å². The molecule has 0 aliphatic carbocycles. The molecule has 1 aliphatic heterocycles. The summed E-state index contributed by atoms with van der Waals surface area (Å²) >= 11 is 0. The SMILES string of the molecule is COc1cc(OCCC(C)CN2CCC(c3noc4ccccc34)CC2)ccc1C(C)=O. The zero-order chi connectivity index (χ0) is 22.5. The van der Waals surface area contributed by atoms with Crippen LogP contribution >= 0.6 is 0 Å². The van der Waals surface area contributed by atoms with Crippen LogP contribution in [0, 0.1) is 5.92 Å². The van der Waals surface area contributed by atoms with Crippen molar-refractivity contribution in [3.05, 3.63) is 53.7 Å². The van der Waals surface area contributed by atoms with Crippen molar-refractivity contribution in [2.45, 2.75) is 39.0 Å². The number of hydrogen-bond donors (Lipinski definition) is 0. The van der Waals surface area contributed by atoms with Gasteiger partial charge in [0.05, 0.1) is 25.0 Å². The Balaban J connectivity index is 1.22. The first kappa shape index (κ1) is 22.3. The van der Waals surface area contributed by atoms with E-state index in [1.807, 2.05) is 18.2 Å². The second-order valence-electron chi connectivity index (χ2n) is 8.80. The van der Waals surface area contributed by atoms with E-state index in [0.717, 1.165) is 61.3 Å². The Morgan fingerprint density at radius 2 is 2.00 bits per heavy atom. The van der Waals surface area contributed by atoms with Crippen LogP contribution in [-0.2, 0) is 0 Å². The van der Waals surface area contributed by atoms with Crippen molar-refractivity contribution in [2.24, 2.45) is 5.92 Å². The van der Waals surface area contributed by atoms with Crippen LogP contribution in [0.5, 0.6) is 11.5 Å². The lowest BCUT2D eigenvalue weighted by Crippen LogP contribution is -2.36. The van der Waals surface area contributed by atoms with Gasteiger partial charge in [-0.05, 0) is 69.5 Å². The van der Waals surface area contributed by atoms with E-state index in [2.05, 4.69) is 29.1 Å². The lowest BCUT2D eigenvalue weighted by molar-refractivity contribution is 0.101. The molecule has 1 aliphatic rings. The monoisotopic (exact) mass is 436 g/mol. The zero-order valence-electron chi connectivity index (χ0n) is 19.2. The molecule has 0 radical (unpaired) electrons. The average Bonchev–Trinajstić information content (AvgIpc) is 3.23. The lowest BCUT2D eigenvalue weighted by atomic mass is 9.91. The third kappa shape index (κ3) is 5.13. The van der Waals surface area contributed by atoms with E-state index in [1.54, 1.807) is 19.2 Å². The molecule has 1 aromatic heterocycles. The van der Waals surface area contributed by atoms with Crippen LogP contribution < -0.4 is 9.47 Å². The van der Waals surface area contributed by atoms with Crippen molar-refractivity contribution in [3.63, 3.8) is 0 Å². The number of rotatable bonds is 9. The van der Waals surface area contributed by atoms with Gasteiger partial charge in [0.15, 0.2) is 11.4 Å². The molecule has 1 saturated heterocycles. The molecule has 1 atom stereocenters. The largest absolute Gasteiger partial charge is 0.496 e. The van der Waals surface area contributed by atoms with Gasteiger partial charge in [0, 0.05) is 23.9 Å². The first-order valence-electron chi connectivity index (χ1n) is 11.4. The second-order valence-corrected chi connectivity index (χ2v) is 8.80. The van der Waals surface area contributed by atoms with E-state index in [0.29, 0.717) is 29.8 Å². The molecule has 32 heavy (non-hydrogen) atoms. The molecule has 0 bridgehead atoms. The first-order chi connectivity index (χ1) is 15.5. The highest BCUT2D eigenvalue weighted by atomic mass is 16.5. The van der Waals surface area contributed by atoms with Crippen LogP contribution in [-0.4, -0.2) is 49.2 Å². The number of ketones is 1. The Labute approximate surface area is 189 Å². The fraction of sp³-hybridized carbons (Fsp3) is 0.462. The van der Waals surface area contributed by atoms with E-state index in [1.165, 1.54) is 6.92 Å². The van der Waals surface area contributed by atoms with Gasteiger partial charge in [-0.2, -0.15) is 0 Å². The smallest absolute Gasteiger partial charge is 0.167 e. The van der Waals surface area contributed by atoms with Gasteiger partial charge < -0.3 is 18.9 Å². The van der Waals surface area contributed by atoms with Gasteiger partial charge in [0.2, 0.25) is 0 Å². The fourth-order valence-corrected chi connectivity index (χ4v) is 4.55. The number of ether oxygens (including phenoxy) is 2. The maximum atomic E-state index is 11.6. The van der Waals surface area contributed by atoms with Crippen LogP contribution in [0.25, 0.3) is 11.0 Å². The molecular formula is C26H32N2O4. The Morgan fingerprint density at radius 3 is 2.75 bits per heavy atom. The predicted octanol–water partition coefficient (Wildman–Crippen LogP) is 5.32. The standard InChI is InChI=1S/C26H32N2O4/c1-18(12-15-31-21-8-9-22(19(2)29)25(16-21)30-3)17-28-13-10-20(11-14-28)26-23-6-4-5-7-24(23)32-27-26/h4-9,16,18,20H,10-15,17H2,1-3H3. The van der Waals surface area contributed by atoms with Gasteiger partial charge in [-0.15, -0.1) is 0 Å². The number of nitrogens with zero attached hydrogens (tertiary/aromatic N) is 2. The van der Waals surface area contributed by atoms with Gasteiger partial charge in [-0.3, -0.25) is 4.79 Å². The quantitative estimate of drug-likeness (QED) is 0.423. The summed E-state index contributed by atoms with van der Waals surface area (Å²) in [6, 6.07) is 13.5. The number of methoxy groups -OCH3 is 1. The molecule has 0 saturated carbocycles. The van der Waals surface area contributed by atoms with Crippen LogP contribution in [0.15, 0.2) is 47.0 Å². The summed E-state index contributed by atoms with van der Waals surface area (Å²) in [6.07, 6.45) is 3.20. The number of likely N-dealkylation sites (tertiary alicyclic amines) is 1. The number of benzene rings is 2. The summed E-state index contributed by atoms with van der Waals surface area (Å²) < 4.78 is 16.7. The molecule has 170 valence electrons. The highest BCUT2D eigenvalue weighted by Crippen LogP contribution is 2.32. The minimum atomic E-state index is -0.0115. The molecule has 1 unspecified atom stereocenters. The zero-order valence-corrected chi connectivity index (χ0v) is 19.2. The molecule has 0 amide bonds. The van der Waals surface area contributed by atoms with Crippen molar-refractivity contribution in [2.75, 3.05) is 33.4 Å². The highest BCUT2D eigenvalue weighted by Gasteiger charge is 2.25. The number of para-hydroxylation sites is 1. The number of hydrogen-bond acceptors (Lipinski definition) is 6. The molecule has 4 rings (SSSR count). The third-order valence-electron chi connectivity index (χ3n) is 6.38. The Hall–Kier alpha value is -2.86. The number of Topliss-reactive ketones (excluding diaryl/α,β-unsaturated/α-hetero) is 1. The Kier molecular flexibility index (Phi) is 7.10. The van der Waals surface area contributed by atoms with Crippen molar-refractivity contribution in [3.8, 4) is 11.5 Å². The molecule has 6 heteroatoms. The molecule has 1 fully saturated rings. The molecule has 0 N–H and O–H groups in total. The maximum Gasteiger partial charge on any atom is 0.167 e. The number of fused-ring (bicyclic) bond motifs is 1. The molecule has 2 heterocycles. The second kappa shape index (κ2) is 10.2. The van der Waals surface area contributed by atoms with Crippen LogP contribution in [0.1, 0.15) is 55.1 Å². The minimum Gasteiger partial charge on any atom is -0.496 e. The Bertz CT molecular complexity index is 1050. The normalized spacial score (nSPS) is 16.2. The third-order valence-corrected chi connectivity index (χ3v) is 6.38. The highest BCUT2D eigenvalue weighted by molar-refractivity contribution is 5.97. The molecule has 3 aromatic rings. The lowest BCUT2D eigenvalue weighted by Gasteiger charge is -2.32. The summed E-state index contributed by atoms with van der Waals surface area (Å²) in [6.45, 7) is 7.70. The molecule has 2 aromatic carbocycles. The Morgan fingerprint density at radius 1 is 1.22 bits per heavy atom. The van der Waals surface area contributed by atoms with Crippen LogP contribution in [0.4, 0.5) is 0 Å². The van der Waals surface area contributed by atoms with E-state index in [-0.39, 0.29) is 5.78 Å². The topological polar surface area (TPSA) is 64.8 Å². The molecule has 0 spiro atoms. The number of carbonyl (C=O) groups excluding carboxylic acids is 1. The van der Waals surface area contributed by atoms with Gasteiger partial charge in [0.1, 0.15) is 11.5 Å².